The number of carbonyl (C=O) groups is 1. The minimum absolute atomic E-state index is 0.131. The van der Waals surface area contributed by atoms with Crippen molar-refractivity contribution in [2.75, 3.05) is 12.4 Å². The van der Waals surface area contributed by atoms with Gasteiger partial charge in [-0.15, -0.1) is 0 Å². The van der Waals surface area contributed by atoms with E-state index in [2.05, 4.69) is 36.9 Å². The van der Waals surface area contributed by atoms with E-state index in [1.165, 1.54) is 0 Å². The number of hydrogen-bond acceptors (Lipinski definition) is 6. The highest BCUT2D eigenvalue weighted by Crippen LogP contribution is 2.35. The summed E-state index contributed by atoms with van der Waals surface area (Å²) in [6, 6.07) is 17.9. The number of methoxy groups -OCH3 is 1. The Bertz CT molecular complexity index is 1870. The van der Waals surface area contributed by atoms with E-state index >= 15 is 0 Å². The number of aromatic nitrogens is 6. The SMILES string of the molecule is CCC(=O)Nc1cc(-c2cnc3cccc(C)n23)cc(-n2ncc(-c3ccc4c(C)nccc4c3)c2OC)n1. The maximum atomic E-state index is 12.3. The molecule has 0 unspecified atom stereocenters. The molecular weight excluding hydrogens is 490 g/mol. The van der Waals surface area contributed by atoms with Crippen LogP contribution in [-0.4, -0.2) is 42.2 Å². The van der Waals surface area contributed by atoms with Crippen molar-refractivity contribution in [3.63, 3.8) is 0 Å². The van der Waals surface area contributed by atoms with Crippen LogP contribution in [-0.2, 0) is 4.79 Å². The Morgan fingerprint density at radius 1 is 1.00 bits per heavy atom. The van der Waals surface area contributed by atoms with E-state index < -0.39 is 0 Å². The van der Waals surface area contributed by atoms with Crippen molar-refractivity contribution < 1.29 is 9.53 Å². The fraction of sp³-hybridized carbons (Fsp3) is 0.167. The first-order chi connectivity index (χ1) is 19.0. The lowest BCUT2D eigenvalue weighted by molar-refractivity contribution is -0.115. The maximum Gasteiger partial charge on any atom is 0.225 e. The average molecular weight is 518 g/mol. The van der Waals surface area contributed by atoms with E-state index in [0.717, 1.165) is 50.2 Å². The van der Waals surface area contributed by atoms with E-state index in [1.54, 1.807) is 24.9 Å². The van der Waals surface area contributed by atoms with Crippen LogP contribution in [0.2, 0.25) is 0 Å². The van der Waals surface area contributed by atoms with Crippen molar-refractivity contribution in [3.05, 3.63) is 84.6 Å². The molecule has 0 radical (unpaired) electrons. The van der Waals surface area contributed by atoms with Crippen molar-refractivity contribution in [1.29, 1.82) is 0 Å². The summed E-state index contributed by atoms with van der Waals surface area (Å²) in [6.07, 6.45) is 5.74. The third-order valence-electron chi connectivity index (χ3n) is 6.83. The number of aryl methyl sites for hydroxylation is 2. The number of fused-ring (bicyclic) bond motifs is 2. The first-order valence-corrected chi connectivity index (χ1v) is 12.7. The van der Waals surface area contributed by atoms with Gasteiger partial charge in [-0.05, 0) is 61.2 Å². The van der Waals surface area contributed by atoms with Gasteiger partial charge in [0.15, 0.2) is 5.82 Å². The number of anilines is 1. The van der Waals surface area contributed by atoms with Gasteiger partial charge in [0.2, 0.25) is 11.8 Å². The molecule has 39 heavy (non-hydrogen) atoms. The molecule has 5 aromatic heterocycles. The zero-order chi connectivity index (χ0) is 27.1. The molecule has 9 heteroatoms. The molecule has 0 bridgehead atoms. The van der Waals surface area contributed by atoms with Gasteiger partial charge in [0, 0.05) is 35.0 Å². The molecular formula is C30H27N7O2. The number of carbonyl (C=O) groups excluding carboxylic acids is 1. The third-order valence-corrected chi connectivity index (χ3v) is 6.83. The summed E-state index contributed by atoms with van der Waals surface area (Å²) in [7, 11) is 1.61. The number of ether oxygens (including phenoxy) is 1. The molecule has 6 aromatic rings. The Kier molecular flexibility index (Phi) is 6.03. The minimum atomic E-state index is -0.131. The Labute approximate surface area is 225 Å². The minimum Gasteiger partial charge on any atom is -0.480 e. The number of imidazole rings is 1. The van der Waals surface area contributed by atoms with Crippen molar-refractivity contribution in [2.24, 2.45) is 0 Å². The Balaban J connectivity index is 1.51. The smallest absolute Gasteiger partial charge is 0.225 e. The number of pyridine rings is 3. The van der Waals surface area contributed by atoms with E-state index in [-0.39, 0.29) is 5.91 Å². The standard InChI is InChI=1S/C30H27N7O2/c1-5-29(38)35-26-14-22(25-17-32-27-8-6-7-18(2)36(25)27)15-28(34-26)37-30(39-4)24(16-33-37)20-9-10-23-19(3)31-12-11-21(23)13-20/h6-17H,5H2,1-4H3,(H,34,35,38). The Hall–Kier alpha value is -5.05. The molecule has 0 aliphatic heterocycles. The van der Waals surface area contributed by atoms with Crippen LogP contribution < -0.4 is 10.1 Å². The summed E-state index contributed by atoms with van der Waals surface area (Å²) in [6.45, 7) is 5.83. The summed E-state index contributed by atoms with van der Waals surface area (Å²) in [4.78, 5) is 26.0. The van der Waals surface area contributed by atoms with Gasteiger partial charge in [0.25, 0.3) is 0 Å². The predicted molar refractivity (Wildman–Crippen MR) is 151 cm³/mol. The first-order valence-electron chi connectivity index (χ1n) is 12.7. The van der Waals surface area contributed by atoms with Gasteiger partial charge < -0.3 is 10.1 Å². The lowest BCUT2D eigenvalue weighted by Gasteiger charge is -2.13. The van der Waals surface area contributed by atoms with Crippen LogP contribution in [0.4, 0.5) is 5.82 Å². The molecule has 0 spiro atoms. The summed E-state index contributed by atoms with van der Waals surface area (Å²) in [5.74, 6) is 1.33. The van der Waals surface area contributed by atoms with Crippen molar-refractivity contribution in [1.82, 2.24) is 29.1 Å². The second-order valence-corrected chi connectivity index (χ2v) is 9.32. The second-order valence-electron chi connectivity index (χ2n) is 9.32. The van der Waals surface area contributed by atoms with E-state index in [4.69, 9.17) is 9.72 Å². The van der Waals surface area contributed by atoms with Crippen LogP contribution in [0.5, 0.6) is 5.88 Å². The number of benzene rings is 1. The predicted octanol–water partition coefficient (Wildman–Crippen LogP) is 5.77. The van der Waals surface area contributed by atoms with Gasteiger partial charge in [-0.3, -0.25) is 14.2 Å². The number of nitrogens with zero attached hydrogens (tertiary/aromatic N) is 6. The zero-order valence-electron chi connectivity index (χ0n) is 22.1. The Morgan fingerprint density at radius 2 is 1.87 bits per heavy atom. The first kappa shape index (κ1) is 24.3. The molecule has 9 nitrogen and oxygen atoms in total. The topological polar surface area (TPSA) is 99.2 Å². The van der Waals surface area contributed by atoms with Crippen LogP contribution in [0.25, 0.3) is 44.6 Å². The third kappa shape index (κ3) is 4.27. The van der Waals surface area contributed by atoms with Crippen LogP contribution in [0.1, 0.15) is 24.7 Å². The molecule has 0 aliphatic carbocycles. The summed E-state index contributed by atoms with van der Waals surface area (Å²) < 4.78 is 9.59. The van der Waals surface area contributed by atoms with E-state index in [0.29, 0.717) is 23.9 Å². The fourth-order valence-corrected chi connectivity index (χ4v) is 4.87. The Morgan fingerprint density at radius 3 is 2.69 bits per heavy atom. The highest BCUT2D eigenvalue weighted by atomic mass is 16.5. The number of rotatable bonds is 6. The van der Waals surface area contributed by atoms with Gasteiger partial charge in [-0.1, -0.05) is 25.1 Å². The van der Waals surface area contributed by atoms with Gasteiger partial charge in [-0.2, -0.15) is 9.78 Å². The molecule has 5 heterocycles. The molecule has 0 aliphatic rings. The van der Waals surface area contributed by atoms with Crippen LogP contribution in [0.15, 0.2) is 73.2 Å². The second kappa shape index (κ2) is 9.68. The summed E-state index contributed by atoms with van der Waals surface area (Å²) in [5.41, 5.74) is 6.35. The lowest BCUT2D eigenvalue weighted by Crippen LogP contribution is -2.13. The molecule has 0 saturated carbocycles. The number of hydrogen-bond donors (Lipinski definition) is 1. The number of amides is 1. The lowest BCUT2D eigenvalue weighted by atomic mass is 10.0. The van der Waals surface area contributed by atoms with Crippen LogP contribution in [0, 0.1) is 13.8 Å². The molecule has 6 rings (SSSR count). The molecule has 194 valence electrons. The largest absolute Gasteiger partial charge is 0.480 e. The van der Waals surface area contributed by atoms with Crippen molar-refractivity contribution in [3.8, 4) is 34.1 Å². The van der Waals surface area contributed by atoms with Gasteiger partial charge >= 0.3 is 0 Å². The molecule has 1 aromatic carbocycles. The maximum absolute atomic E-state index is 12.3. The van der Waals surface area contributed by atoms with Crippen molar-refractivity contribution in [2.45, 2.75) is 27.2 Å². The van der Waals surface area contributed by atoms with Crippen LogP contribution in [0.3, 0.4) is 0 Å². The normalized spacial score (nSPS) is 11.3. The molecule has 1 amide bonds. The van der Waals surface area contributed by atoms with E-state index in [1.807, 2.05) is 68.7 Å². The van der Waals surface area contributed by atoms with Crippen LogP contribution >= 0.6 is 0 Å². The quantitative estimate of drug-likeness (QED) is 0.301. The summed E-state index contributed by atoms with van der Waals surface area (Å²) in [5, 5.41) is 9.74. The average Bonchev–Trinajstić information content (AvgIpc) is 3.58. The zero-order valence-corrected chi connectivity index (χ0v) is 22.1. The number of nitrogens with one attached hydrogen (secondary N) is 1. The van der Waals surface area contributed by atoms with Crippen molar-refractivity contribution >= 4 is 28.1 Å². The summed E-state index contributed by atoms with van der Waals surface area (Å²) >= 11 is 0. The van der Waals surface area contributed by atoms with Gasteiger partial charge in [0.1, 0.15) is 11.5 Å². The van der Waals surface area contributed by atoms with E-state index in [9.17, 15) is 4.79 Å². The fourth-order valence-electron chi connectivity index (χ4n) is 4.87. The monoisotopic (exact) mass is 517 g/mol. The highest BCUT2D eigenvalue weighted by molar-refractivity contribution is 5.91. The van der Waals surface area contributed by atoms with Gasteiger partial charge in [0.05, 0.1) is 30.8 Å². The molecule has 0 fully saturated rings. The highest BCUT2D eigenvalue weighted by Gasteiger charge is 2.19. The molecule has 1 N–H and O–H groups in total. The van der Waals surface area contributed by atoms with Gasteiger partial charge in [-0.25, -0.2) is 9.97 Å². The molecule has 0 atom stereocenters. The molecule has 0 saturated heterocycles.